The Morgan fingerprint density at radius 2 is 2.19 bits per heavy atom. The molecule has 3 rings (SSSR count). The molecule has 1 N–H and O–H groups in total. The second-order valence-corrected chi connectivity index (χ2v) is 5.75. The van der Waals surface area contributed by atoms with Crippen LogP contribution in [-0.2, 0) is 26.4 Å². The lowest BCUT2D eigenvalue weighted by Gasteiger charge is -2.27. The first-order chi connectivity index (χ1) is 10.2. The highest BCUT2D eigenvalue weighted by atomic mass is 15.3. The molecule has 0 aliphatic carbocycles. The molecule has 0 amide bonds. The third kappa shape index (κ3) is 3.42. The molecule has 0 fully saturated rings. The lowest BCUT2D eigenvalue weighted by Crippen LogP contribution is -2.25. The smallest absolute Gasteiger partial charge is 0.151 e. The van der Waals surface area contributed by atoms with Gasteiger partial charge in [-0.25, -0.2) is 4.98 Å². The van der Waals surface area contributed by atoms with Gasteiger partial charge in [0.15, 0.2) is 5.82 Å². The highest BCUT2D eigenvalue weighted by Crippen LogP contribution is 2.26. The minimum atomic E-state index is 0.870. The lowest BCUT2D eigenvalue weighted by atomic mass is 9.99. The standard InChI is InChI=1S/C16H23N5/c1-20-9-3-4-14-10-13(5-6-15(14)20)11-17-8-7-16-18-12-21(2)19-16/h5-6,10,12,17H,3-4,7-9,11H2,1-2H3. The van der Waals surface area contributed by atoms with E-state index >= 15 is 0 Å². The van der Waals surface area contributed by atoms with Crippen LogP contribution in [0.3, 0.4) is 0 Å². The lowest BCUT2D eigenvalue weighted by molar-refractivity contribution is 0.659. The Bertz CT molecular complexity index is 604. The van der Waals surface area contributed by atoms with Crippen LogP contribution in [0, 0.1) is 0 Å². The second kappa shape index (κ2) is 6.26. The molecule has 0 spiro atoms. The number of benzene rings is 1. The SMILES string of the molecule is CN1CCCc2cc(CNCCc3ncn(C)n3)ccc21. The molecule has 1 aliphatic heterocycles. The molecule has 0 saturated carbocycles. The summed E-state index contributed by atoms with van der Waals surface area (Å²) in [6, 6.07) is 6.83. The van der Waals surface area contributed by atoms with E-state index in [1.165, 1.54) is 36.2 Å². The summed E-state index contributed by atoms with van der Waals surface area (Å²) >= 11 is 0. The molecule has 0 unspecified atom stereocenters. The molecular formula is C16H23N5. The van der Waals surface area contributed by atoms with Crippen molar-refractivity contribution in [3.63, 3.8) is 0 Å². The number of aromatic nitrogens is 3. The van der Waals surface area contributed by atoms with Crippen molar-refractivity contribution in [3.05, 3.63) is 41.5 Å². The van der Waals surface area contributed by atoms with Crippen LogP contribution < -0.4 is 10.2 Å². The van der Waals surface area contributed by atoms with Crippen molar-refractivity contribution in [2.75, 3.05) is 25.0 Å². The van der Waals surface area contributed by atoms with Gasteiger partial charge in [-0.1, -0.05) is 12.1 Å². The van der Waals surface area contributed by atoms with E-state index in [1.807, 2.05) is 7.05 Å². The van der Waals surface area contributed by atoms with Crippen LogP contribution in [0.15, 0.2) is 24.5 Å². The summed E-state index contributed by atoms with van der Waals surface area (Å²) in [6.45, 7) is 2.98. The summed E-state index contributed by atoms with van der Waals surface area (Å²) < 4.78 is 1.75. The van der Waals surface area contributed by atoms with Crippen LogP contribution in [0.1, 0.15) is 23.4 Å². The molecule has 1 aromatic carbocycles. The van der Waals surface area contributed by atoms with Gasteiger partial charge in [0.1, 0.15) is 6.33 Å². The van der Waals surface area contributed by atoms with Crippen molar-refractivity contribution in [3.8, 4) is 0 Å². The quantitative estimate of drug-likeness (QED) is 0.846. The molecule has 0 saturated heterocycles. The number of aryl methyl sites for hydroxylation is 2. The Hall–Kier alpha value is -1.88. The molecular weight excluding hydrogens is 262 g/mol. The Labute approximate surface area is 126 Å². The monoisotopic (exact) mass is 285 g/mol. The molecule has 0 bridgehead atoms. The Balaban J connectivity index is 1.51. The second-order valence-electron chi connectivity index (χ2n) is 5.75. The van der Waals surface area contributed by atoms with E-state index in [1.54, 1.807) is 11.0 Å². The molecule has 1 aliphatic rings. The first kappa shape index (κ1) is 14.1. The Morgan fingerprint density at radius 1 is 1.29 bits per heavy atom. The molecule has 5 heteroatoms. The number of anilines is 1. The van der Waals surface area contributed by atoms with Crippen molar-refractivity contribution in [1.82, 2.24) is 20.1 Å². The number of rotatable bonds is 5. The van der Waals surface area contributed by atoms with Gasteiger partial charge < -0.3 is 10.2 Å². The van der Waals surface area contributed by atoms with E-state index in [2.05, 4.69) is 45.5 Å². The highest BCUT2D eigenvalue weighted by Gasteiger charge is 2.13. The highest BCUT2D eigenvalue weighted by molar-refractivity contribution is 5.56. The van der Waals surface area contributed by atoms with Crippen LogP contribution in [0.4, 0.5) is 5.69 Å². The summed E-state index contributed by atoms with van der Waals surface area (Å²) in [5.74, 6) is 0.900. The van der Waals surface area contributed by atoms with Gasteiger partial charge in [-0.15, -0.1) is 0 Å². The van der Waals surface area contributed by atoms with Crippen molar-refractivity contribution in [2.24, 2.45) is 7.05 Å². The van der Waals surface area contributed by atoms with E-state index in [0.717, 1.165) is 25.3 Å². The zero-order valence-electron chi connectivity index (χ0n) is 12.8. The number of nitrogens with one attached hydrogen (secondary N) is 1. The maximum absolute atomic E-state index is 4.28. The Kier molecular flexibility index (Phi) is 4.20. The first-order valence-corrected chi connectivity index (χ1v) is 7.60. The van der Waals surface area contributed by atoms with Gasteiger partial charge in [0.25, 0.3) is 0 Å². The minimum absolute atomic E-state index is 0.870. The van der Waals surface area contributed by atoms with Crippen LogP contribution in [0.25, 0.3) is 0 Å². The summed E-state index contributed by atoms with van der Waals surface area (Å²) in [6.07, 6.45) is 5.07. The van der Waals surface area contributed by atoms with Gasteiger partial charge in [-0.05, 0) is 30.0 Å². The van der Waals surface area contributed by atoms with Crippen molar-refractivity contribution < 1.29 is 0 Å². The van der Waals surface area contributed by atoms with Crippen molar-refractivity contribution in [2.45, 2.75) is 25.8 Å². The molecule has 0 atom stereocenters. The van der Waals surface area contributed by atoms with E-state index in [9.17, 15) is 0 Å². The van der Waals surface area contributed by atoms with Gasteiger partial charge in [0.05, 0.1) is 0 Å². The third-order valence-electron chi connectivity index (χ3n) is 4.00. The van der Waals surface area contributed by atoms with E-state index < -0.39 is 0 Å². The molecule has 112 valence electrons. The van der Waals surface area contributed by atoms with Crippen molar-refractivity contribution >= 4 is 5.69 Å². The number of fused-ring (bicyclic) bond motifs is 1. The van der Waals surface area contributed by atoms with E-state index in [-0.39, 0.29) is 0 Å². The largest absolute Gasteiger partial charge is 0.374 e. The van der Waals surface area contributed by atoms with Gasteiger partial charge in [0, 0.05) is 45.8 Å². The average molecular weight is 285 g/mol. The molecule has 21 heavy (non-hydrogen) atoms. The molecule has 1 aromatic heterocycles. The normalized spacial score (nSPS) is 14.3. The predicted molar refractivity (Wildman–Crippen MR) is 84.4 cm³/mol. The zero-order valence-corrected chi connectivity index (χ0v) is 12.8. The first-order valence-electron chi connectivity index (χ1n) is 7.60. The van der Waals surface area contributed by atoms with Crippen molar-refractivity contribution in [1.29, 1.82) is 0 Å². The number of hydrogen-bond donors (Lipinski definition) is 1. The summed E-state index contributed by atoms with van der Waals surface area (Å²) in [4.78, 5) is 6.58. The van der Waals surface area contributed by atoms with E-state index in [4.69, 9.17) is 0 Å². The maximum Gasteiger partial charge on any atom is 0.151 e. The zero-order chi connectivity index (χ0) is 14.7. The summed E-state index contributed by atoms with van der Waals surface area (Å²) in [5, 5.41) is 7.76. The average Bonchev–Trinajstić information content (AvgIpc) is 2.89. The van der Waals surface area contributed by atoms with Gasteiger partial charge in [-0.2, -0.15) is 5.10 Å². The molecule has 2 heterocycles. The fraction of sp³-hybridized carbons (Fsp3) is 0.500. The number of nitrogens with zero attached hydrogens (tertiary/aromatic N) is 4. The summed E-state index contributed by atoms with van der Waals surface area (Å²) in [5.41, 5.74) is 4.23. The topological polar surface area (TPSA) is 46.0 Å². The molecule has 5 nitrogen and oxygen atoms in total. The van der Waals surface area contributed by atoms with Crippen LogP contribution in [0.2, 0.25) is 0 Å². The van der Waals surface area contributed by atoms with Gasteiger partial charge in [0.2, 0.25) is 0 Å². The fourth-order valence-corrected chi connectivity index (χ4v) is 2.88. The van der Waals surface area contributed by atoms with Gasteiger partial charge >= 0.3 is 0 Å². The fourth-order valence-electron chi connectivity index (χ4n) is 2.88. The third-order valence-corrected chi connectivity index (χ3v) is 4.00. The van der Waals surface area contributed by atoms with Crippen LogP contribution in [0.5, 0.6) is 0 Å². The molecule has 2 aromatic rings. The Morgan fingerprint density at radius 3 is 3.00 bits per heavy atom. The molecule has 0 radical (unpaired) electrons. The predicted octanol–water partition coefficient (Wildman–Crippen LogP) is 1.53. The van der Waals surface area contributed by atoms with Crippen LogP contribution in [-0.4, -0.2) is 34.9 Å². The van der Waals surface area contributed by atoms with E-state index in [0.29, 0.717) is 0 Å². The van der Waals surface area contributed by atoms with Crippen LogP contribution >= 0.6 is 0 Å². The number of hydrogen-bond acceptors (Lipinski definition) is 4. The van der Waals surface area contributed by atoms with Gasteiger partial charge in [-0.3, -0.25) is 4.68 Å². The summed E-state index contributed by atoms with van der Waals surface area (Å²) in [7, 11) is 4.07. The minimum Gasteiger partial charge on any atom is -0.374 e. The maximum atomic E-state index is 4.28.